The highest BCUT2D eigenvalue weighted by molar-refractivity contribution is 5.86. The highest BCUT2D eigenvalue weighted by Crippen LogP contribution is 2.25. The second kappa shape index (κ2) is 11.2. The average Bonchev–Trinajstić information content (AvgIpc) is 2.72. The Kier molecular flexibility index (Phi) is 8.42. The predicted octanol–water partition coefficient (Wildman–Crippen LogP) is 3.76. The molecule has 0 aliphatic carbocycles. The molecule has 1 N–H and O–H groups in total. The van der Waals surface area contributed by atoms with Crippen molar-refractivity contribution in [2.45, 2.75) is 32.6 Å². The molecule has 0 spiro atoms. The van der Waals surface area contributed by atoms with Crippen LogP contribution in [0.4, 0.5) is 11.4 Å². The number of nitro groups is 2. The number of hydrazone groups is 1. The molecule has 0 bridgehead atoms. The summed E-state index contributed by atoms with van der Waals surface area (Å²) in [4.78, 5) is 32.6. The van der Waals surface area contributed by atoms with Crippen LogP contribution in [-0.4, -0.2) is 28.6 Å². The van der Waals surface area contributed by atoms with Crippen molar-refractivity contribution < 1.29 is 19.4 Å². The van der Waals surface area contributed by atoms with Crippen molar-refractivity contribution in [3.05, 3.63) is 73.8 Å². The third-order valence-corrected chi connectivity index (χ3v) is 4.14. The lowest BCUT2D eigenvalue weighted by molar-refractivity contribution is -0.394. The van der Waals surface area contributed by atoms with Gasteiger partial charge < -0.3 is 4.74 Å². The van der Waals surface area contributed by atoms with Crippen LogP contribution in [0.5, 0.6) is 5.75 Å². The number of nitrogens with zero attached hydrogens (tertiary/aromatic N) is 3. The fraction of sp³-hybridized carbons (Fsp3) is 0.300. The lowest BCUT2D eigenvalue weighted by atomic mass is 10.1. The van der Waals surface area contributed by atoms with Crippen LogP contribution in [0.2, 0.25) is 0 Å². The number of ether oxygens (including phenoxy) is 1. The van der Waals surface area contributed by atoms with Crippen molar-refractivity contribution in [3.8, 4) is 5.75 Å². The number of unbranched alkanes of at least 4 members (excludes halogenated alkanes) is 2. The van der Waals surface area contributed by atoms with E-state index >= 15 is 0 Å². The van der Waals surface area contributed by atoms with Gasteiger partial charge in [0, 0.05) is 17.2 Å². The Bertz CT molecular complexity index is 945. The molecule has 1 amide bonds. The molecule has 0 aromatic heterocycles. The highest BCUT2D eigenvalue weighted by atomic mass is 16.6. The third-order valence-electron chi connectivity index (χ3n) is 4.14. The number of rotatable bonds is 11. The van der Waals surface area contributed by atoms with E-state index in [-0.39, 0.29) is 12.0 Å². The normalized spacial score (nSPS) is 10.7. The van der Waals surface area contributed by atoms with E-state index in [1.807, 2.05) is 12.1 Å². The van der Waals surface area contributed by atoms with Crippen molar-refractivity contribution in [2.75, 3.05) is 6.61 Å². The maximum Gasteiger partial charge on any atom is 0.279 e. The summed E-state index contributed by atoms with van der Waals surface area (Å²) >= 11 is 0. The summed E-state index contributed by atoms with van der Waals surface area (Å²) in [6, 6.07) is 10.4. The van der Waals surface area contributed by atoms with E-state index in [0.29, 0.717) is 17.9 Å². The molecule has 0 fully saturated rings. The summed E-state index contributed by atoms with van der Waals surface area (Å²) in [5, 5.41) is 25.8. The highest BCUT2D eigenvalue weighted by Gasteiger charge is 2.21. The molecule has 2 rings (SSSR count). The zero-order valence-electron chi connectivity index (χ0n) is 16.4. The number of hydrogen-bond donors (Lipinski definition) is 1. The van der Waals surface area contributed by atoms with E-state index in [1.165, 1.54) is 12.3 Å². The number of para-hydroxylation sites is 1. The molecule has 0 unspecified atom stereocenters. The topological polar surface area (TPSA) is 137 Å². The Morgan fingerprint density at radius 1 is 1.13 bits per heavy atom. The zero-order chi connectivity index (χ0) is 21.9. The van der Waals surface area contributed by atoms with Crippen molar-refractivity contribution in [1.82, 2.24) is 5.43 Å². The molecular formula is C20H22N4O6. The number of nitro benzene ring substituents is 2. The molecule has 30 heavy (non-hydrogen) atoms. The third kappa shape index (κ3) is 6.66. The quantitative estimate of drug-likeness (QED) is 0.257. The second-order valence-electron chi connectivity index (χ2n) is 6.39. The lowest BCUT2D eigenvalue weighted by Gasteiger charge is -2.08. The number of carbonyl (C=O) groups is 1. The maximum atomic E-state index is 12.1. The first-order valence-corrected chi connectivity index (χ1v) is 9.37. The van der Waals surface area contributed by atoms with Gasteiger partial charge in [-0.05, 0) is 24.6 Å². The molecule has 2 aromatic carbocycles. The first-order chi connectivity index (χ1) is 14.4. The number of benzene rings is 2. The van der Waals surface area contributed by atoms with Crippen LogP contribution in [0.25, 0.3) is 0 Å². The van der Waals surface area contributed by atoms with Gasteiger partial charge in [0.25, 0.3) is 11.4 Å². The largest absolute Gasteiger partial charge is 0.493 e. The fourth-order valence-corrected chi connectivity index (χ4v) is 2.62. The minimum absolute atomic E-state index is 0.0537. The molecular weight excluding hydrogens is 392 g/mol. The average molecular weight is 414 g/mol. The van der Waals surface area contributed by atoms with Crippen LogP contribution < -0.4 is 10.2 Å². The van der Waals surface area contributed by atoms with Crippen molar-refractivity contribution in [1.29, 1.82) is 0 Å². The molecule has 0 saturated carbocycles. The summed E-state index contributed by atoms with van der Waals surface area (Å²) in [6.45, 7) is 2.68. The summed E-state index contributed by atoms with van der Waals surface area (Å²) in [5.41, 5.74) is 2.13. The van der Waals surface area contributed by atoms with Gasteiger partial charge in [0.2, 0.25) is 5.91 Å². The Labute approximate surface area is 172 Å². The van der Waals surface area contributed by atoms with Crippen molar-refractivity contribution in [3.63, 3.8) is 0 Å². The number of hydrogen-bond acceptors (Lipinski definition) is 7. The van der Waals surface area contributed by atoms with E-state index in [4.69, 9.17) is 4.74 Å². The number of nitrogens with one attached hydrogen (secondary N) is 1. The summed E-state index contributed by atoms with van der Waals surface area (Å²) in [7, 11) is 0. The van der Waals surface area contributed by atoms with E-state index in [2.05, 4.69) is 17.5 Å². The van der Waals surface area contributed by atoms with Gasteiger partial charge in [-0.15, -0.1) is 0 Å². The molecule has 0 heterocycles. The Balaban J connectivity index is 2.01. The first-order valence-electron chi connectivity index (χ1n) is 9.37. The Morgan fingerprint density at radius 3 is 2.60 bits per heavy atom. The lowest BCUT2D eigenvalue weighted by Crippen LogP contribution is -2.20. The van der Waals surface area contributed by atoms with E-state index in [0.717, 1.165) is 31.4 Å². The molecule has 0 saturated heterocycles. The standard InChI is InChI=1S/C20H22N4O6/c1-2-3-6-11-30-19-8-5-4-7-16(19)14-21-22-20(25)12-15-9-10-17(23(26)27)13-18(15)24(28)29/h4-5,7-10,13-14H,2-3,6,11-12H2,1H3,(H,22,25)/b21-14-. The summed E-state index contributed by atoms with van der Waals surface area (Å²) in [5.74, 6) is 0.0437. The van der Waals surface area contributed by atoms with Gasteiger partial charge in [0.1, 0.15) is 5.75 Å². The van der Waals surface area contributed by atoms with E-state index < -0.39 is 27.1 Å². The van der Waals surface area contributed by atoms with Gasteiger partial charge in [-0.3, -0.25) is 25.0 Å². The SMILES string of the molecule is CCCCCOc1ccccc1/C=N\NC(=O)Cc1ccc([N+](=O)[O-])cc1[N+](=O)[O-]. The summed E-state index contributed by atoms with van der Waals surface area (Å²) in [6.07, 6.45) is 4.18. The van der Waals surface area contributed by atoms with Crippen LogP contribution in [0.15, 0.2) is 47.6 Å². The van der Waals surface area contributed by atoms with Crippen LogP contribution >= 0.6 is 0 Å². The number of non-ortho nitro benzene ring substituents is 1. The van der Waals surface area contributed by atoms with Crippen LogP contribution in [-0.2, 0) is 11.2 Å². The first kappa shape index (κ1) is 22.5. The van der Waals surface area contributed by atoms with E-state index in [9.17, 15) is 25.0 Å². The van der Waals surface area contributed by atoms with E-state index in [1.54, 1.807) is 12.1 Å². The smallest absolute Gasteiger partial charge is 0.279 e. The van der Waals surface area contributed by atoms with Gasteiger partial charge in [-0.25, -0.2) is 5.43 Å². The predicted molar refractivity (Wildman–Crippen MR) is 111 cm³/mol. The van der Waals surface area contributed by atoms with Crippen molar-refractivity contribution >= 4 is 23.5 Å². The number of carbonyl (C=O) groups excluding carboxylic acids is 1. The molecule has 0 aliphatic heterocycles. The van der Waals surface area contributed by atoms with Crippen LogP contribution in [0.3, 0.4) is 0 Å². The minimum atomic E-state index is -0.759. The van der Waals surface area contributed by atoms with Crippen molar-refractivity contribution in [2.24, 2.45) is 5.10 Å². The number of amides is 1. The molecule has 0 aliphatic rings. The van der Waals surface area contributed by atoms with Gasteiger partial charge in [0.15, 0.2) is 0 Å². The molecule has 158 valence electrons. The monoisotopic (exact) mass is 414 g/mol. The van der Waals surface area contributed by atoms with Crippen LogP contribution in [0, 0.1) is 20.2 Å². The van der Waals surface area contributed by atoms with Crippen LogP contribution in [0.1, 0.15) is 37.3 Å². The van der Waals surface area contributed by atoms with Gasteiger partial charge >= 0.3 is 0 Å². The maximum absolute atomic E-state index is 12.1. The molecule has 10 heteroatoms. The molecule has 2 aromatic rings. The second-order valence-corrected chi connectivity index (χ2v) is 6.39. The Hall–Kier alpha value is -3.82. The molecule has 0 atom stereocenters. The molecule has 10 nitrogen and oxygen atoms in total. The summed E-state index contributed by atoms with van der Waals surface area (Å²) < 4.78 is 5.73. The molecule has 0 radical (unpaired) electrons. The van der Waals surface area contributed by atoms with Gasteiger partial charge in [-0.2, -0.15) is 5.10 Å². The van der Waals surface area contributed by atoms with Gasteiger partial charge in [-0.1, -0.05) is 31.9 Å². The fourth-order valence-electron chi connectivity index (χ4n) is 2.62. The minimum Gasteiger partial charge on any atom is -0.493 e. The zero-order valence-corrected chi connectivity index (χ0v) is 16.4. The van der Waals surface area contributed by atoms with Gasteiger partial charge in [0.05, 0.1) is 35.2 Å². The Morgan fingerprint density at radius 2 is 1.90 bits per heavy atom.